The molecule has 1 fully saturated rings. The van der Waals surface area contributed by atoms with Crippen molar-refractivity contribution in [2.24, 2.45) is 10.2 Å². The fourth-order valence-electron chi connectivity index (χ4n) is 3.12. The summed E-state index contributed by atoms with van der Waals surface area (Å²) in [5.74, 6) is 0.143. The van der Waals surface area contributed by atoms with E-state index in [1.165, 1.54) is 11.3 Å². The first-order valence-electron chi connectivity index (χ1n) is 7.98. The summed E-state index contributed by atoms with van der Waals surface area (Å²) in [6.07, 6.45) is 3.89. The third kappa shape index (κ3) is 3.17. The Balaban J connectivity index is 1.71. The summed E-state index contributed by atoms with van der Waals surface area (Å²) < 4.78 is 25.5. The van der Waals surface area contributed by atoms with Crippen LogP contribution in [0.5, 0.6) is 5.88 Å². The Morgan fingerprint density at radius 3 is 2.77 bits per heavy atom. The van der Waals surface area contributed by atoms with Crippen molar-refractivity contribution in [2.75, 3.05) is 11.5 Å². The quantitative estimate of drug-likeness (QED) is 0.795. The Morgan fingerprint density at radius 1 is 1.31 bits per heavy atom. The molecule has 1 aromatic heterocycles. The second-order valence-corrected chi connectivity index (χ2v) is 10.0. The van der Waals surface area contributed by atoms with Crippen LogP contribution in [0, 0.1) is 3.95 Å². The first-order chi connectivity index (χ1) is 12.4. The summed E-state index contributed by atoms with van der Waals surface area (Å²) in [6.45, 7) is 0. The van der Waals surface area contributed by atoms with Crippen LogP contribution in [0.4, 0.5) is 0 Å². The summed E-state index contributed by atoms with van der Waals surface area (Å²) >= 11 is 6.62. The van der Waals surface area contributed by atoms with E-state index in [1.54, 1.807) is 16.9 Å². The van der Waals surface area contributed by atoms with E-state index in [0.717, 1.165) is 16.8 Å². The maximum Gasteiger partial charge on any atom is 0.210 e. The Morgan fingerprint density at radius 2 is 2.08 bits per heavy atom. The van der Waals surface area contributed by atoms with Gasteiger partial charge in [-0.15, -0.1) is 16.4 Å². The smallest absolute Gasteiger partial charge is 0.210 e. The number of aromatic hydroxyl groups is 1. The molecule has 134 valence electrons. The number of nitrogens with zero attached hydrogens (tertiary/aromatic N) is 3. The lowest BCUT2D eigenvalue weighted by Gasteiger charge is -2.11. The first kappa shape index (κ1) is 17.3. The van der Waals surface area contributed by atoms with Gasteiger partial charge in [-0.3, -0.25) is 4.57 Å². The third-order valence-corrected chi connectivity index (χ3v) is 7.47. The van der Waals surface area contributed by atoms with Crippen molar-refractivity contribution >= 4 is 51.4 Å². The summed E-state index contributed by atoms with van der Waals surface area (Å²) in [4.78, 5) is 0.575. The third-order valence-electron chi connectivity index (χ3n) is 4.38. The Kier molecular flexibility index (Phi) is 4.37. The number of hydrogen-bond donors (Lipinski definition) is 1. The SMILES string of the molecule is O=S1(=O)CCC(n2c(O)c(C=C3C=NN=C3c3ccccc3)sc2=S)C1. The molecule has 4 rings (SSSR count). The zero-order valence-corrected chi connectivity index (χ0v) is 16.0. The molecule has 0 saturated carbocycles. The van der Waals surface area contributed by atoms with Crippen molar-refractivity contribution in [2.45, 2.75) is 12.5 Å². The molecule has 2 aromatic rings. The van der Waals surface area contributed by atoms with Crippen LogP contribution >= 0.6 is 23.6 Å². The fourth-order valence-corrected chi connectivity index (χ4v) is 6.23. The molecule has 0 aliphatic carbocycles. The van der Waals surface area contributed by atoms with E-state index in [9.17, 15) is 13.5 Å². The van der Waals surface area contributed by atoms with Gasteiger partial charge in [-0.2, -0.15) is 5.10 Å². The van der Waals surface area contributed by atoms with Crippen LogP contribution in [0.2, 0.25) is 0 Å². The predicted octanol–water partition coefficient (Wildman–Crippen LogP) is 3.22. The summed E-state index contributed by atoms with van der Waals surface area (Å²) in [7, 11) is -3.06. The molecule has 3 heterocycles. The van der Waals surface area contributed by atoms with Crippen molar-refractivity contribution in [3.63, 3.8) is 0 Å². The van der Waals surface area contributed by atoms with Gasteiger partial charge in [0, 0.05) is 11.1 Å². The maximum atomic E-state index is 11.8. The van der Waals surface area contributed by atoms with Gasteiger partial charge in [-0.05, 0) is 24.7 Å². The number of thiazole rings is 1. The number of sulfone groups is 1. The number of hydrogen-bond acceptors (Lipinski definition) is 7. The van der Waals surface area contributed by atoms with E-state index >= 15 is 0 Å². The van der Waals surface area contributed by atoms with Crippen LogP contribution in [0.3, 0.4) is 0 Å². The van der Waals surface area contributed by atoms with Crippen LogP contribution in [-0.4, -0.2) is 41.5 Å². The highest BCUT2D eigenvalue weighted by molar-refractivity contribution is 7.91. The zero-order valence-electron chi connectivity index (χ0n) is 13.6. The van der Waals surface area contributed by atoms with Crippen LogP contribution in [0.1, 0.15) is 22.9 Å². The lowest BCUT2D eigenvalue weighted by Crippen LogP contribution is -2.10. The average molecular weight is 406 g/mol. The van der Waals surface area contributed by atoms with Crippen LogP contribution in [0.25, 0.3) is 6.08 Å². The monoisotopic (exact) mass is 405 g/mol. The normalized spacial score (nSPS) is 22.8. The number of benzene rings is 1. The highest BCUT2D eigenvalue weighted by atomic mass is 32.2. The molecule has 1 N–H and O–H groups in total. The predicted molar refractivity (Wildman–Crippen MR) is 107 cm³/mol. The Hall–Kier alpha value is -2.10. The van der Waals surface area contributed by atoms with Crippen LogP contribution in [-0.2, 0) is 9.84 Å². The molecule has 0 radical (unpaired) electrons. The topological polar surface area (TPSA) is 84.0 Å². The van der Waals surface area contributed by atoms with Crippen molar-refractivity contribution in [3.8, 4) is 5.88 Å². The molecule has 6 nitrogen and oxygen atoms in total. The molecule has 1 saturated heterocycles. The van der Waals surface area contributed by atoms with Gasteiger partial charge in [0.25, 0.3) is 0 Å². The second-order valence-electron chi connectivity index (χ2n) is 6.14. The minimum absolute atomic E-state index is 0.00214. The van der Waals surface area contributed by atoms with Gasteiger partial charge >= 0.3 is 0 Å². The minimum Gasteiger partial charge on any atom is -0.493 e. The molecule has 1 atom stereocenters. The second kappa shape index (κ2) is 6.57. The molecule has 1 unspecified atom stereocenters. The Labute approximate surface area is 159 Å². The zero-order chi connectivity index (χ0) is 18.3. The highest BCUT2D eigenvalue weighted by Gasteiger charge is 2.31. The molecule has 26 heavy (non-hydrogen) atoms. The lowest BCUT2D eigenvalue weighted by molar-refractivity contribution is 0.390. The fraction of sp³-hybridized carbons (Fsp3) is 0.235. The molecule has 0 spiro atoms. The summed E-state index contributed by atoms with van der Waals surface area (Å²) in [5.41, 5.74) is 2.42. The highest BCUT2D eigenvalue weighted by Crippen LogP contribution is 2.36. The van der Waals surface area contributed by atoms with Gasteiger partial charge in [-0.25, -0.2) is 8.42 Å². The Bertz CT molecular complexity index is 1110. The molecule has 2 aliphatic rings. The molecule has 0 bridgehead atoms. The first-order valence-corrected chi connectivity index (χ1v) is 11.0. The standard InChI is InChI=1S/C17H15N3O3S3/c21-16-14(25-17(24)20(16)13-6-7-26(22,23)10-13)8-12-9-18-19-15(12)11-4-2-1-3-5-11/h1-5,8-9,13,21H,6-7,10H2. The number of rotatable bonds is 3. The number of aromatic nitrogens is 1. The lowest BCUT2D eigenvalue weighted by atomic mass is 10.0. The van der Waals surface area contributed by atoms with Gasteiger partial charge in [0.05, 0.1) is 28.6 Å². The van der Waals surface area contributed by atoms with E-state index in [1.807, 2.05) is 30.3 Å². The summed E-state index contributed by atoms with van der Waals surface area (Å²) in [5, 5.41) is 18.8. The molecule has 1 aromatic carbocycles. The van der Waals surface area contributed by atoms with Gasteiger partial charge in [0.2, 0.25) is 5.88 Å². The largest absolute Gasteiger partial charge is 0.493 e. The maximum absolute atomic E-state index is 11.8. The van der Waals surface area contributed by atoms with Crippen molar-refractivity contribution in [3.05, 3.63) is 50.3 Å². The van der Waals surface area contributed by atoms with Crippen LogP contribution < -0.4 is 0 Å². The average Bonchev–Trinajstić information content (AvgIpc) is 3.28. The van der Waals surface area contributed by atoms with E-state index in [0.29, 0.717) is 15.3 Å². The van der Waals surface area contributed by atoms with E-state index < -0.39 is 9.84 Å². The van der Waals surface area contributed by atoms with E-state index in [2.05, 4.69) is 10.2 Å². The van der Waals surface area contributed by atoms with E-state index in [-0.39, 0.29) is 23.4 Å². The molecular weight excluding hydrogens is 390 g/mol. The molecular formula is C17H15N3O3S3. The van der Waals surface area contributed by atoms with Gasteiger partial charge < -0.3 is 5.11 Å². The van der Waals surface area contributed by atoms with Crippen molar-refractivity contribution in [1.29, 1.82) is 0 Å². The van der Waals surface area contributed by atoms with E-state index in [4.69, 9.17) is 12.2 Å². The molecule has 9 heteroatoms. The van der Waals surface area contributed by atoms with Crippen molar-refractivity contribution in [1.82, 2.24) is 4.57 Å². The molecule has 0 amide bonds. The van der Waals surface area contributed by atoms with Gasteiger partial charge in [-0.1, -0.05) is 30.3 Å². The van der Waals surface area contributed by atoms with Crippen molar-refractivity contribution < 1.29 is 13.5 Å². The van der Waals surface area contributed by atoms with Gasteiger partial charge in [0.15, 0.2) is 13.8 Å². The number of allylic oxidation sites excluding steroid dienone is 1. The summed E-state index contributed by atoms with van der Waals surface area (Å²) in [6, 6.07) is 9.35. The van der Waals surface area contributed by atoms with Crippen LogP contribution in [0.15, 0.2) is 46.1 Å². The minimum atomic E-state index is -3.06. The molecule has 2 aliphatic heterocycles. The van der Waals surface area contributed by atoms with Gasteiger partial charge in [0.1, 0.15) is 5.71 Å².